The summed E-state index contributed by atoms with van der Waals surface area (Å²) in [7, 11) is -5.67. The van der Waals surface area contributed by atoms with Crippen LogP contribution >= 0.6 is 0 Å². The monoisotopic (exact) mass is 556 g/mol. The number of sulfonamides is 2. The molecule has 1 heterocycles. The minimum atomic E-state index is -3.98. The highest BCUT2D eigenvalue weighted by atomic mass is 32.2. The quantitative estimate of drug-likeness (QED) is 0.418. The number of nitrogens with zero attached hydrogens (tertiary/aromatic N) is 2. The standard InChI is InChI=1S/C27H32N4O5S2/c1-21-8-12-24(13-9-21)37(33,34)29-26(20-22-6-4-3-5-7-22)27(32)28-23-10-14-25(15-11-23)38(35,36)31-18-16-30(2)17-19-31/h3-15,26,29H,16-20H2,1-2H3,(H,28,32)/t26-/m1/s1. The van der Waals surface area contributed by atoms with Crippen molar-refractivity contribution in [2.45, 2.75) is 29.2 Å². The van der Waals surface area contributed by atoms with Crippen LogP contribution in [-0.4, -0.2) is 71.2 Å². The van der Waals surface area contributed by atoms with Gasteiger partial charge in [0.05, 0.1) is 9.79 Å². The van der Waals surface area contributed by atoms with Gasteiger partial charge in [-0.25, -0.2) is 16.8 Å². The first-order valence-electron chi connectivity index (χ1n) is 12.3. The van der Waals surface area contributed by atoms with E-state index >= 15 is 0 Å². The van der Waals surface area contributed by atoms with E-state index in [1.807, 2.05) is 44.3 Å². The number of rotatable bonds is 9. The van der Waals surface area contributed by atoms with E-state index in [9.17, 15) is 21.6 Å². The van der Waals surface area contributed by atoms with E-state index < -0.39 is 32.0 Å². The number of carbonyl (C=O) groups excluding carboxylic acids is 1. The Labute approximate surface area is 224 Å². The van der Waals surface area contributed by atoms with E-state index in [0.717, 1.165) is 11.1 Å². The molecule has 1 saturated heterocycles. The van der Waals surface area contributed by atoms with Crippen molar-refractivity contribution in [3.8, 4) is 0 Å². The van der Waals surface area contributed by atoms with E-state index in [4.69, 9.17) is 0 Å². The van der Waals surface area contributed by atoms with Crippen LogP contribution in [0.15, 0.2) is 88.7 Å². The van der Waals surface area contributed by atoms with Gasteiger partial charge in [0.25, 0.3) is 0 Å². The Kier molecular flexibility index (Phi) is 8.64. The number of carbonyl (C=O) groups is 1. The van der Waals surface area contributed by atoms with Gasteiger partial charge in [-0.15, -0.1) is 0 Å². The van der Waals surface area contributed by atoms with Gasteiger partial charge in [-0.1, -0.05) is 48.0 Å². The van der Waals surface area contributed by atoms with Crippen molar-refractivity contribution in [1.29, 1.82) is 0 Å². The molecule has 0 aliphatic carbocycles. The highest BCUT2D eigenvalue weighted by molar-refractivity contribution is 7.89. The maximum absolute atomic E-state index is 13.3. The molecule has 4 rings (SSSR count). The molecule has 2 N–H and O–H groups in total. The molecule has 11 heteroatoms. The average molecular weight is 557 g/mol. The van der Waals surface area contributed by atoms with Gasteiger partial charge in [0, 0.05) is 31.9 Å². The number of amides is 1. The fourth-order valence-electron chi connectivity index (χ4n) is 4.13. The number of anilines is 1. The van der Waals surface area contributed by atoms with Gasteiger partial charge >= 0.3 is 0 Å². The lowest BCUT2D eigenvalue weighted by molar-refractivity contribution is -0.117. The van der Waals surface area contributed by atoms with Gasteiger partial charge < -0.3 is 10.2 Å². The van der Waals surface area contributed by atoms with Crippen molar-refractivity contribution in [3.63, 3.8) is 0 Å². The molecule has 0 aromatic heterocycles. The lowest BCUT2D eigenvalue weighted by Crippen LogP contribution is -2.47. The summed E-state index contributed by atoms with van der Waals surface area (Å²) in [6.45, 7) is 4.01. The molecule has 0 spiro atoms. The summed E-state index contributed by atoms with van der Waals surface area (Å²) in [6, 6.07) is 20.3. The largest absolute Gasteiger partial charge is 0.325 e. The minimum Gasteiger partial charge on any atom is -0.325 e. The molecule has 0 radical (unpaired) electrons. The van der Waals surface area contributed by atoms with Crippen LogP contribution in [0.1, 0.15) is 11.1 Å². The summed E-state index contributed by atoms with van der Waals surface area (Å²) in [5.41, 5.74) is 2.06. The van der Waals surface area contributed by atoms with Crippen LogP contribution in [0.2, 0.25) is 0 Å². The third-order valence-electron chi connectivity index (χ3n) is 6.45. The fraction of sp³-hybridized carbons (Fsp3) is 0.296. The fourth-order valence-corrected chi connectivity index (χ4v) is 6.75. The average Bonchev–Trinajstić information content (AvgIpc) is 2.89. The van der Waals surface area contributed by atoms with E-state index in [1.54, 1.807) is 12.1 Å². The Morgan fingerprint density at radius 1 is 0.816 bits per heavy atom. The lowest BCUT2D eigenvalue weighted by Gasteiger charge is -2.31. The summed E-state index contributed by atoms with van der Waals surface area (Å²) in [4.78, 5) is 15.5. The Bertz CT molecular complexity index is 1450. The van der Waals surface area contributed by atoms with Gasteiger partial charge in [-0.3, -0.25) is 4.79 Å². The van der Waals surface area contributed by atoms with Crippen LogP contribution in [0.5, 0.6) is 0 Å². The maximum Gasteiger partial charge on any atom is 0.243 e. The Morgan fingerprint density at radius 3 is 2.00 bits per heavy atom. The zero-order chi connectivity index (χ0) is 27.3. The van der Waals surface area contributed by atoms with Crippen molar-refractivity contribution in [3.05, 3.63) is 90.0 Å². The Morgan fingerprint density at radius 2 is 1.39 bits per heavy atom. The number of hydrogen-bond acceptors (Lipinski definition) is 6. The Hall–Kier alpha value is -3.09. The van der Waals surface area contributed by atoms with Crippen LogP contribution in [0.25, 0.3) is 0 Å². The number of nitrogens with one attached hydrogen (secondary N) is 2. The van der Waals surface area contributed by atoms with E-state index in [1.165, 1.54) is 40.7 Å². The van der Waals surface area contributed by atoms with Gasteiger partial charge in [0.1, 0.15) is 6.04 Å². The predicted octanol–water partition coefficient (Wildman–Crippen LogP) is 2.46. The zero-order valence-electron chi connectivity index (χ0n) is 21.4. The Balaban J connectivity index is 1.51. The van der Waals surface area contributed by atoms with E-state index in [0.29, 0.717) is 31.9 Å². The van der Waals surface area contributed by atoms with E-state index in [-0.39, 0.29) is 16.2 Å². The summed E-state index contributed by atoms with van der Waals surface area (Å²) >= 11 is 0. The molecule has 0 bridgehead atoms. The van der Waals surface area contributed by atoms with Crippen molar-refractivity contribution in [2.24, 2.45) is 0 Å². The first kappa shape index (κ1) is 27.9. The first-order chi connectivity index (χ1) is 18.0. The van der Waals surface area contributed by atoms with Crippen molar-refractivity contribution >= 4 is 31.6 Å². The van der Waals surface area contributed by atoms with Crippen LogP contribution in [0.3, 0.4) is 0 Å². The highest BCUT2D eigenvalue weighted by Gasteiger charge is 2.28. The van der Waals surface area contributed by atoms with Gasteiger partial charge in [0.2, 0.25) is 26.0 Å². The van der Waals surface area contributed by atoms with Gasteiger partial charge in [-0.2, -0.15) is 9.03 Å². The van der Waals surface area contributed by atoms with Gasteiger partial charge in [-0.05, 0) is 62.4 Å². The third kappa shape index (κ3) is 6.86. The molecule has 38 heavy (non-hydrogen) atoms. The molecule has 1 fully saturated rings. The highest BCUT2D eigenvalue weighted by Crippen LogP contribution is 2.20. The lowest BCUT2D eigenvalue weighted by atomic mass is 10.1. The van der Waals surface area contributed by atoms with Crippen LogP contribution in [0, 0.1) is 6.92 Å². The van der Waals surface area contributed by atoms with Crippen molar-refractivity contribution in [2.75, 3.05) is 38.5 Å². The molecule has 1 amide bonds. The van der Waals surface area contributed by atoms with Crippen LogP contribution in [0.4, 0.5) is 5.69 Å². The molecule has 9 nitrogen and oxygen atoms in total. The summed E-state index contributed by atoms with van der Waals surface area (Å²) < 4.78 is 56.1. The third-order valence-corrected chi connectivity index (χ3v) is 9.85. The zero-order valence-corrected chi connectivity index (χ0v) is 23.0. The normalized spacial score (nSPS) is 16.2. The molecule has 3 aromatic carbocycles. The molecule has 3 aromatic rings. The second-order valence-corrected chi connectivity index (χ2v) is 13.0. The van der Waals surface area contributed by atoms with Crippen molar-refractivity contribution < 1.29 is 21.6 Å². The SMILES string of the molecule is Cc1ccc(S(=O)(=O)N[C@H](Cc2ccccc2)C(=O)Nc2ccc(S(=O)(=O)N3CCN(C)CC3)cc2)cc1. The topological polar surface area (TPSA) is 116 Å². The molecule has 0 unspecified atom stereocenters. The smallest absolute Gasteiger partial charge is 0.243 e. The molecular formula is C27H32N4O5S2. The first-order valence-corrected chi connectivity index (χ1v) is 15.2. The summed E-state index contributed by atoms with van der Waals surface area (Å²) in [6.07, 6.45) is 0.133. The van der Waals surface area contributed by atoms with Crippen LogP contribution in [-0.2, 0) is 31.3 Å². The molecular weight excluding hydrogens is 524 g/mol. The maximum atomic E-state index is 13.3. The minimum absolute atomic E-state index is 0.0624. The molecule has 1 atom stereocenters. The summed E-state index contributed by atoms with van der Waals surface area (Å²) in [5, 5.41) is 2.73. The molecule has 1 aliphatic rings. The second-order valence-electron chi connectivity index (χ2n) is 9.40. The number of benzene rings is 3. The number of aryl methyl sites for hydroxylation is 1. The van der Waals surface area contributed by atoms with E-state index in [2.05, 4.69) is 14.9 Å². The number of piperazine rings is 1. The second kappa shape index (κ2) is 11.7. The van der Waals surface area contributed by atoms with Gasteiger partial charge in [0.15, 0.2) is 0 Å². The van der Waals surface area contributed by atoms with Crippen LogP contribution < -0.4 is 10.0 Å². The molecule has 1 aliphatic heterocycles. The predicted molar refractivity (Wildman–Crippen MR) is 147 cm³/mol. The molecule has 202 valence electrons. The summed E-state index contributed by atoms with van der Waals surface area (Å²) in [5.74, 6) is -0.556. The molecule has 0 saturated carbocycles. The number of likely N-dealkylation sites (N-methyl/N-ethyl adjacent to an activating group) is 1. The van der Waals surface area contributed by atoms with Crippen molar-refractivity contribution in [1.82, 2.24) is 13.9 Å². The number of hydrogen-bond donors (Lipinski definition) is 2.